The second kappa shape index (κ2) is 7.67. The molecule has 1 aliphatic rings. The van der Waals surface area contributed by atoms with Gasteiger partial charge in [-0.05, 0) is 47.4 Å². The minimum atomic E-state index is -0.243. The molecule has 0 bridgehead atoms. The Kier molecular flexibility index (Phi) is 4.87. The molecule has 0 aliphatic carbocycles. The number of halogens is 1. The van der Waals surface area contributed by atoms with Crippen molar-refractivity contribution >= 4 is 21.6 Å². The third-order valence-corrected chi connectivity index (χ3v) is 6.38. The van der Waals surface area contributed by atoms with Crippen molar-refractivity contribution in [3.63, 3.8) is 0 Å². The number of hydrogen-bond donors (Lipinski definition) is 1. The van der Waals surface area contributed by atoms with Crippen molar-refractivity contribution in [2.75, 3.05) is 13.1 Å². The second-order valence-corrected chi connectivity index (χ2v) is 8.68. The van der Waals surface area contributed by atoms with Crippen LogP contribution in [0.4, 0.5) is 4.39 Å². The Bertz CT molecular complexity index is 1150. The van der Waals surface area contributed by atoms with E-state index in [1.807, 2.05) is 30.3 Å². The summed E-state index contributed by atoms with van der Waals surface area (Å²) in [6.07, 6.45) is 0.617. The zero-order valence-corrected chi connectivity index (χ0v) is 16.7. The van der Waals surface area contributed by atoms with Crippen LogP contribution in [0.5, 0.6) is 0 Å². The van der Waals surface area contributed by atoms with E-state index >= 15 is 0 Å². The molecule has 3 nitrogen and oxygen atoms in total. The summed E-state index contributed by atoms with van der Waals surface area (Å²) in [4.78, 5) is 6.81. The molecule has 0 spiro atoms. The largest absolute Gasteiger partial charge is 0.390 e. The van der Waals surface area contributed by atoms with Gasteiger partial charge < -0.3 is 5.11 Å². The molecule has 1 N–H and O–H groups in total. The molecule has 146 valence electrons. The number of rotatable bonds is 5. The monoisotopic (exact) mass is 404 g/mol. The summed E-state index contributed by atoms with van der Waals surface area (Å²) in [6, 6.07) is 22.0. The SMILES string of the molecule is OC1CN(Cc2ccc(-c3nc4cc(Cc5ccccc5)ccc4s3)c(F)c2)C1. The first-order valence-corrected chi connectivity index (χ1v) is 10.6. The van der Waals surface area contributed by atoms with Crippen LogP contribution in [0.1, 0.15) is 16.7 Å². The van der Waals surface area contributed by atoms with Gasteiger partial charge in [0.2, 0.25) is 0 Å². The predicted octanol–water partition coefficient (Wildman–Crippen LogP) is 4.87. The van der Waals surface area contributed by atoms with Gasteiger partial charge in [0.05, 0.1) is 16.3 Å². The molecule has 3 aromatic carbocycles. The van der Waals surface area contributed by atoms with Crippen LogP contribution in [0, 0.1) is 5.82 Å². The molecule has 1 saturated heterocycles. The highest BCUT2D eigenvalue weighted by Gasteiger charge is 2.24. The Morgan fingerprint density at radius 2 is 1.76 bits per heavy atom. The maximum absolute atomic E-state index is 14.8. The van der Waals surface area contributed by atoms with E-state index in [9.17, 15) is 9.50 Å². The van der Waals surface area contributed by atoms with Gasteiger partial charge >= 0.3 is 0 Å². The summed E-state index contributed by atoms with van der Waals surface area (Å²) in [5.74, 6) is -0.243. The first kappa shape index (κ1) is 18.4. The van der Waals surface area contributed by atoms with Gasteiger partial charge in [0.25, 0.3) is 0 Å². The molecule has 1 aromatic heterocycles. The lowest BCUT2D eigenvalue weighted by Crippen LogP contribution is -2.49. The molecule has 2 heterocycles. The predicted molar refractivity (Wildman–Crippen MR) is 116 cm³/mol. The first-order chi connectivity index (χ1) is 14.1. The molecule has 4 aromatic rings. The van der Waals surface area contributed by atoms with E-state index in [-0.39, 0.29) is 11.9 Å². The van der Waals surface area contributed by atoms with E-state index in [0.717, 1.165) is 22.2 Å². The minimum absolute atomic E-state index is 0.242. The van der Waals surface area contributed by atoms with Crippen LogP contribution < -0.4 is 0 Å². The number of likely N-dealkylation sites (tertiary alicyclic amines) is 1. The maximum atomic E-state index is 14.8. The number of thiazole rings is 1. The van der Waals surface area contributed by atoms with Gasteiger partial charge in [-0.25, -0.2) is 9.37 Å². The van der Waals surface area contributed by atoms with Crippen LogP contribution in [0.15, 0.2) is 66.7 Å². The van der Waals surface area contributed by atoms with E-state index in [1.165, 1.54) is 22.5 Å². The summed E-state index contributed by atoms with van der Waals surface area (Å²) in [5.41, 5.74) is 4.84. The molecule has 5 heteroatoms. The molecular weight excluding hydrogens is 383 g/mol. The number of aliphatic hydroxyl groups excluding tert-OH is 1. The molecule has 1 aliphatic heterocycles. The third kappa shape index (κ3) is 3.94. The lowest BCUT2D eigenvalue weighted by atomic mass is 10.1. The fourth-order valence-corrected chi connectivity index (χ4v) is 4.76. The number of nitrogens with zero attached hydrogens (tertiary/aromatic N) is 2. The second-order valence-electron chi connectivity index (χ2n) is 7.65. The molecular formula is C24H21FN2OS. The maximum Gasteiger partial charge on any atom is 0.133 e. The van der Waals surface area contributed by atoms with E-state index in [0.29, 0.717) is 30.2 Å². The van der Waals surface area contributed by atoms with Gasteiger partial charge in [-0.1, -0.05) is 42.5 Å². The average molecular weight is 405 g/mol. The Morgan fingerprint density at radius 3 is 2.52 bits per heavy atom. The van der Waals surface area contributed by atoms with Crippen LogP contribution in [-0.4, -0.2) is 34.2 Å². The van der Waals surface area contributed by atoms with Crippen molar-refractivity contribution < 1.29 is 9.50 Å². The quantitative estimate of drug-likeness (QED) is 0.516. The number of benzene rings is 3. The van der Waals surface area contributed by atoms with Crippen molar-refractivity contribution in [2.45, 2.75) is 19.1 Å². The number of aromatic nitrogens is 1. The summed E-state index contributed by atoms with van der Waals surface area (Å²) in [7, 11) is 0. The Balaban J connectivity index is 1.38. The molecule has 0 atom stereocenters. The Hall–Kier alpha value is -2.60. The fourth-order valence-electron chi connectivity index (χ4n) is 3.79. The smallest absolute Gasteiger partial charge is 0.133 e. The fraction of sp³-hybridized carbons (Fsp3) is 0.208. The number of aliphatic hydroxyl groups is 1. The van der Waals surface area contributed by atoms with Gasteiger partial charge in [-0.2, -0.15) is 0 Å². The van der Waals surface area contributed by atoms with E-state index in [1.54, 1.807) is 6.07 Å². The van der Waals surface area contributed by atoms with Gasteiger partial charge in [-0.3, -0.25) is 4.90 Å². The van der Waals surface area contributed by atoms with Crippen molar-refractivity contribution in [1.82, 2.24) is 9.88 Å². The minimum Gasteiger partial charge on any atom is -0.390 e. The summed E-state index contributed by atoms with van der Waals surface area (Å²) in [6.45, 7) is 1.98. The third-order valence-electron chi connectivity index (χ3n) is 5.31. The molecule has 29 heavy (non-hydrogen) atoms. The zero-order valence-electron chi connectivity index (χ0n) is 15.9. The lowest BCUT2D eigenvalue weighted by Gasteiger charge is -2.35. The van der Waals surface area contributed by atoms with Crippen LogP contribution >= 0.6 is 11.3 Å². The highest BCUT2D eigenvalue weighted by atomic mass is 32.1. The summed E-state index contributed by atoms with van der Waals surface area (Å²) in [5, 5.41) is 10.1. The standard InChI is InChI=1S/C24H21FN2OS/c25-21-11-18(13-27-14-19(28)15-27)6-8-20(21)24-26-22-12-17(7-9-23(22)29-24)10-16-4-2-1-3-5-16/h1-9,11-12,19,28H,10,13-15H2. The average Bonchev–Trinajstić information content (AvgIpc) is 3.11. The molecule has 1 fully saturated rings. The first-order valence-electron chi connectivity index (χ1n) is 9.77. The van der Waals surface area contributed by atoms with Crippen LogP contribution in [0.2, 0.25) is 0 Å². The van der Waals surface area contributed by atoms with Crippen LogP contribution in [0.25, 0.3) is 20.8 Å². The van der Waals surface area contributed by atoms with E-state index in [2.05, 4.69) is 35.2 Å². The topological polar surface area (TPSA) is 36.4 Å². The molecule has 0 amide bonds. The summed E-state index contributed by atoms with van der Waals surface area (Å²) < 4.78 is 15.8. The Morgan fingerprint density at radius 1 is 0.966 bits per heavy atom. The van der Waals surface area contributed by atoms with Crippen LogP contribution in [-0.2, 0) is 13.0 Å². The van der Waals surface area contributed by atoms with Gasteiger partial charge in [0.15, 0.2) is 0 Å². The highest BCUT2D eigenvalue weighted by molar-refractivity contribution is 7.21. The van der Waals surface area contributed by atoms with Crippen molar-refractivity contribution in [1.29, 1.82) is 0 Å². The van der Waals surface area contributed by atoms with Gasteiger partial charge in [0, 0.05) is 25.2 Å². The molecule has 0 radical (unpaired) electrons. The molecule has 0 saturated carbocycles. The van der Waals surface area contributed by atoms with Gasteiger partial charge in [-0.15, -0.1) is 11.3 Å². The number of hydrogen-bond acceptors (Lipinski definition) is 4. The van der Waals surface area contributed by atoms with Crippen molar-refractivity contribution in [3.05, 3.63) is 89.2 Å². The molecule has 5 rings (SSSR count). The van der Waals surface area contributed by atoms with E-state index in [4.69, 9.17) is 4.98 Å². The Labute approximate surface area is 173 Å². The number of fused-ring (bicyclic) bond motifs is 1. The van der Waals surface area contributed by atoms with Crippen molar-refractivity contribution in [3.8, 4) is 10.6 Å². The van der Waals surface area contributed by atoms with Gasteiger partial charge in [0.1, 0.15) is 10.8 Å². The van der Waals surface area contributed by atoms with E-state index < -0.39 is 0 Å². The highest BCUT2D eigenvalue weighted by Crippen LogP contribution is 2.33. The number of β-amino-alcohol motifs (C(OH)–C–C–N with tert-alkyl or cyclic N) is 1. The van der Waals surface area contributed by atoms with Crippen LogP contribution in [0.3, 0.4) is 0 Å². The zero-order chi connectivity index (χ0) is 19.8. The normalized spacial score (nSPS) is 15.0. The van der Waals surface area contributed by atoms with Crippen molar-refractivity contribution in [2.24, 2.45) is 0 Å². The lowest BCUT2D eigenvalue weighted by molar-refractivity contribution is -0.00289. The molecule has 0 unspecified atom stereocenters. The summed E-state index contributed by atoms with van der Waals surface area (Å²) >= 11 is 1.52.